The number of nitrogens with one attached hydrogen (secondary N) is 1. The predicted molar refractivity (Wildman–Crippen MR) is 55.2 cm³/mol. The number of alkyl halides is 3. The molecule has 6 heteroatoms. The first-order valence-corrected chi connectivity index (χ1v) is 5.56. The Hall–Kier alpha value is -1.17. The van der Waals surface area contributed by atoms with Gasteiger partial charge in [0.05, 0.1) is 11.6 Å². The second kappa shape index (κ2) is 4.01. The molecule has 1 atom stereocenters. The van der Waals surface area contributed by atoms with Gasteiger partial charge in [-0.15, -0.1) is 0 Å². The van der Waals surface area contributed by atoms with Gasteiger partial charge >= 0.3 is 6.18 Å². The number of carbonyl (C=O) groups is 1. The molecule has 0 radical (unpaired) electrons. The number of carbonyl (C=O) groups excluding carboxylic acids is 1. The first kappa shape index (κ1) is 11.3. The second-order valence-corrected chi connectivity index (χ2v) is 4.41. The van der Waals surface area contributed by atoms with E-state index in [1.807, 2.05) is 0 Å². The number of thioether (sulfide) groups is 1. The molecule has 1 aliphatic heterocycles. The zero-order valence-electron chi connectivity index (χ0n) is 8.04. The molecule has 0 aromatic heterocycles. The lowest BCUT2D eigenvalue weighted by Gasteiger charge is -2.11. The lowest BCUT2D eigenvalue weighted by atomic mass is 10.1. The normalized spacial score (nSPS) is 20.9. The van der Waals surface area contributed by atoms with Crippen LogP contribution in [0.4, 0.5) is 18.0 Å². The van der Waals surface area contributed by atoms with E-state index in [2.05, 4.69) is 5.32 Å². The lowest BCUT2D eigenvalue weighted by Crippen LogP contribution is -2.18. The van der Waals surface area contributed by atoms with Crippen LogP contribution < -0.4 is 5.32 Å². The van der Waals surface area contributed by atoms with E-state index in [-0.39, 0.29) is 11.3 Å². The molecule has 1 aliphatic rings. The zero-order chi connectivity index (χ0) is 11.8. The van der Waals surface area contributed by atoms with Crippen molar-refractivity contribution < 1.29 is 18.0 Å². The first-order valence-electron chi connectivity index (χ1n) is 4.57. The first-order chi connectivity index (χ1) is 7.47. The molecule has 0 aliphatic carbocycles. The van der Waals surface area contributed by atoms with Crippen LogP contribution in [0.2, 0.25) is 0 Å². The van der Waals surface area contributed by atoms with Gasteiger partial charge in [0.15, 0.2) is 0 Å². The van der Waals surface area contributed by atoms with Crippen LogP contribution in [-0.2, 0) is 6.18 Å². The largest absolute Gasteiger partial charge is 0.416 e. The molecule has 86 valence electrons. The van der Waals surface area contributed by atoms with E-state index in [9.17, 15) is 18.0 Å². The molecular weight excluding hydrogens is 239 g/mol. The quantitative estimate of drug-likeness (QED) is 0.825. The summed E-state index contributed by atoms with van der Waals surface area (Å²) in [5.74, 6) is 0.560. The summed E-state index contributed by atoms with van der Waals surface area (Å²) in [5, 5.41) is 2.54. The molecule has 2 nitrogen and oxygen atoms in total. The van der Waals surface area contributed by atoms with Gasteiger partial charge in [0, 0.05) is 5.75 Å². The summed E-state index contributed by atoms with van der Waals surface area (Å²) in [6, 6.07) is 4.69. The minimum atomic E-state index is -4.31. The number of hydrogen-bond acceptors (Lipinski definition) is 2. The van der Waals surface area contributed by atoms with Crippen LogP contribution in [0.1, 0.15) is 17.2 Å². The van der Waals surface area contributed by atoms with Crippen molar-refractivity contribution in [2.24, 2.45) is 0 Å². The van der Waals surface area contributed by atoms with Crippen molar-refractivity contribution in [3.05, 3.63) is 35.4 Å². The summed E-state index contributed by atoms with van der Waals surface area (Å²) in [6.07, 6.45) is -4.31. The Morgan fingerprint density at radius 1 is 1.25 bits per heavy atom. The zero-order valence-corrected chi connectivity index (χ0v) is 8.86. The molecule has 0 bridgehead atoms. The molecule has 1 amide bonds. The molecule has 0 saturated carbocycles. The number of hydrogen-bond donors (Lipinski definition) is 1. The average Bonchev–Trinajstić information content (AvgIpc) is 2.64. The van der Waals surface area contributed by atoms with E-state index in [1.165, 1.54) is 12.1 Å². The third kappa shape index (κ3) is 2.32. The van der Waals surface area contributed by atoms with Crippen LogP contribution in [0.15, 0.2) is 24.3 Å². The topological polar surface area (TPSA) is 29.1 Å². The fourth-order valence-electron chi connectivity index (χ4n) is 1.47. The molecule has 1 N–H and O–H groups in total. The summed E-state index contributed by atoms with van der Waals surface area (Å²) in [5.41, 5.74) is 0.0274. The Balaban J connectivity index is 2.17. The minimum absolute atomic E-state index is 0.134. The van der Waals surface area contributed by atoms with Gasteiger partial charge in [-0.25, -0.2) is 0 Å². The van der Waals surface area contributed by atoms with Gasteiger partial charge in [0.2, 0.25) is 0 Å². The Kier molecular flexibility index (Phi) is 2.84. The van der Waals surface area contributed by atoms with Crippen LogP contribution in [-0.4, -0.2) is 11.0 Å². The standard InChI is InChI=1S/C10H8F3NOS/c11-10(12,13)7-3-1-6(2-4-7)8-5-16-9(15)14-8/h1-4,8H,5H2,(H,14,15). The van der Waals surface area contributed by atoms with Crippen molar-refractivity contribution in [2.45, 2.75) is 12.2 Å². The van der Waals surface area contributed by atoms with Gasteiger partial charge in [-0.05, 0) is 17.7 Å². The van der Waals surface area contributed by atoms with E-state index >= 15 is 0 Å². The van der Waals surface area contributed by atoms with Gasteiger partial charge in [-0.3, -0.25) is 4.79 Å². The van der Waals surface area contributed by atoms with Gasteiger partial charge in [-0.2, -0.15) is 13.2 Å². The fraction of sp³-hybridized carbons (Fsp3) is 0.300. The summed E-state index contributed by atoms with van der Waals surface area (Å²) >= 11 is 1.14. The van der Waals surface area contributed by atoms with Crippen LogP contribution in [0.25, 0.3) is 0 Å². The van der Waals surface area contributed by atoms with Crippen molar-refractivity contribution in [1.29, 1.82) is 0 Å². The van der Waals surface area contributed by atoms with Crippen LogP contribution in [0.5, 0.6) is 0 Å². The van der Waals surface area contributed by atoms with Crippen LogP contribution >= 0.6 is 11.8 Å². The summed E-state index contributed by atoms with van der Waals surface area (Å²) < 4.78 is 36.9. The molecule has 1 heterocycles. The maximum Gasteiger partial charge on any atom is 0.416 e. The molecule has 1 unspecified atom stereocenters. The van der Waals surface area contributed by atoms with Crippen LogP contribution in [0.3, 0.4) is 0 Å². The highest BCUT2D eigenvalue weighted by Crippen LogP contribution is 2.31. The monoisotopic (exact) mass is 247 g/mol. The highest BCUT2D eigenvalue weighted by Gasteiger charge is 2.30. The molecule has 0 spiro atoms. The third-order valence-electron chi connectivity index (χ3n) is 2.31. The SMILES string of the molecule is O=C1NC(c2ccc(C(F)(F)F)cc2)CS1. The van der Waals surface area contributed by atoms with Crippen molar-refractivity contribution in [3.8, 4) is 0 Å². The molecule has 1 saturated heterocycles. The number of benzene rings is 1. The van der Waals surface area contributed by atoms with Gasteiger partial charge in [-0.1, -0.05) is 23.9 Å². The Bertz CT molecular complexity index is 402. The van der Waals surface area contributed by atoms with Crippen molar-refractivity contribution >= 4 is 17.0 Å². The smallest absolute Gasteiger partial charge is 0.339 e. The lowest BCUT2D eigenvalue weighted by molar-refractivity contribution is -0.137. The van der Waals surface area contributed by atoms with Crippen LogP contribution in [0, 0.1) is 0 Å². The van der Waals surface area contributed by atoms with Crippen molar-refractivity contribution in [2.75, 3.05) is 5.75 Å². The molecule has 1 aromatic rings. The van der Waals surface area contributed by atoms with E-state index in [0.717, 1.165) is 23.9 Å². The van der Waals surface area contributed by atoms with Gasteiger partial charge < -0.3 is 5.32 Å². The molecule has 1 aromatic carbocycles. The maximum absolute atomic E-state index is 12.3. The number of amides is 1. The number of rotatable bonds is 1. The fourth-order valence-corrected chi connectivity index (χ4v) is 2.29. The van der Waals surface area contributed by atoms with Crippen molar-refractivity contribution in [1.82, 2.24) is 5.32 Å². The Labute approximate surface area is 94.2 Å². The average molecular weight is 247 g/mol. The summed E-state index contributed by atoms with van der Waals surface area (Å²) in [7, 11) is 0. The van der Waals surface area contributed by atoms with Gasteiger partial charge in [0.1, 0.15) is 0 Å². The van der Waals surface area contributed by atoms with Crippen molar-refractivity contribution in [3.63, 3.8) is 0 Å². The van der Waals surface area contributed by atoms with Gasteiger partial charge in [0.25, 0.3) is 5.24 Å². The molecule has 16 heavy (non-hydrogen) atoms. The second-order valence-electron chi connectivity index (χ2n) is 3.42. The summed E-state index contributed by atoms with van der Waals surface area (Å²) in [4.78, 5) is 10.9. The van der Waals surface area contributed by atoms with E-state index in [4.69, 9.17) is 0 Å². The van der Waals surface area contributed by atoms with E-state index in [0.29, 0.717) is 11.3 Å². The highest BCUT2D eigenvalue weighted by molar-refractivity contribution is 8.13. The number of halogens is 3. The molecule has 1 fully saturated rings. The third-order valence-corrected chi connectivity index (χ3v) is 3.19. The Morgan fingerprint density at radius 2 is 1.88 bits per heavy atom. The summed E-state index contributed by atoms with van der Waals surface area (Å²) in [6.45, 7) is 0. The highest BCUT2D eigenvalue weighted by atomic mass is 32.2. The minimum Gasteiger partial charge on any atom is -0.339 e. The Morgan fingerprint density at radius 3 is 2.31 bits per heavy atom. The molecule has 2 rings (SSSR count). The predicted octanol–water partition coefficient (Wildman–Crippen LogP) is 3.20. The van der Waals surface area contributed by atoms with E-state index in [1.54, 1.807) is 0 Å². The van der Waals surface area contributed by atoms with E-state index < -0.39 is 11.7 Å². The molecular formula is C10H8F3NOS. The maximum atomic E-state index is 12.3.